The second kappa shape index (κ2) is 6.01. The maximum absolute atomic E-state index is 5.83. The van der Waals surface area contributed by atoms with Gasteiger partial charge in [0.2, 0.25) is 0 Å². The Morgan fingerprint density at radius 2 is 1.90 bits per heavy atom. The minimum absolute atomic E-state index is 0.686. The summed E-state index contributed by atoms with van der Waals surface area (Å²) in [6.07, 6.45) is 6.78. The molecule has 0 amide bonds. The lowest BCUT2D eigenvalue weighted by molar-refractivity contribution is 0.285. The van der Waals surface area contributed by atoms with Gasteiger partial charge in [0.05, 0.1) is 0 Å². The highest BCUT2D eigenvalue weighted by Gasteiger charge is 2.20. The van der Waals surface area contributed by atoms with Gasteiger partial charge in [-0.15, -0.1) is 0 Å². The molecule has 1 aromatic carbocycles. The van der Waals surface area contributed by atoms with E-state index in [4.69, 9.17) is 4.42 Å². The van der Waals surface area contributed by atoms with Crippen LogP contribution in [0.25, 0.3) is 11.0 Å². The summed E-state index contributed by atoms with van der Waals surface area (Å²) in [5, 5.41) is 5.01. The molecule has 0 saturated heterocycles. The van der Waals surface area contributed by atoms with Crippen LogP contribution in [-0.4, -0.2) is 6.04 Å². The molecule has 3 rings (SSSR count). The molecule has 2 aromatic rings. The summed E-state index contributed by atoms with van der Waals surface area (Å²) in [5.74, 6) is 2.02. The first-order chi connectivity index (χ1) is 9.78. The van der Waals surface area contributed by atoms with Gasteiger partial charge < -0.3 is 9.73 Å². The van der Waals surface area contributed by atoms with Crippen molar-refractivity contribution in [3.8, 4) is 0 Å². The summed E-state index contributed by atoms with van der Waals surface area (Å²) in [7, 11) is 0. The molecule has 1 saturated carbocycles. The summed E-state index contributed by atoms with van der Waals surface area (Å²) < 4.78 is 5.83. The Morgan fingerprint density at radius 1 is 1.15 bits per heavy atom. The molecule has 1 aliphatic carbocycles. The molecule has 0 spiro atoms. The quantitative estimate of drug-likeness (QED) is 0.864. The highest BCUT2D eigenvalue weighted by Crippen LogP contribution is 2.28. The predicted octanol–water partition coefficient (Wildman–Crippen LogP) is 4.80. The first kappa shape index (κ1) is 13.7. The number of furan rings is 1. The van der Waals surface area contributed by atoms with Gasteiger partial charge in [-0.3, -0.25) is 0 Å². The van der Waals surface area contributed by atoms with Crippen LogP contribution in [0.2, 0.25) is 0 Å². The molecular weight excluding hydrogens is 246 g/mol. The molecule has 0 unspecified atom stereocenters. The number of hydrogen-bond donors (Lipinski definition) is 1. The van der Waals surface area contributed by atoms with E-state index in [1.807, 2.05) is 6.07 Å². The van der Waals surface area contributed by atoms with Crippen LogP contribution in [0.1, 0.15) is 50.4 Å². The van der Waals surface area contributed by atoms with Crippen molar-refractivity contribution in [3.05, 3.63) is 35.6 Å². The van der Waals surface area contributed by atoms with Gasteiger partial charge in [0.15, 0.2) is 0 Å². The molecule has 0 radical (unpaired) electrons. The summed E-state index contributed by atoms with van der Waals surface area (Å²) in [4.78, 5) is 0. The third-order valence-corrected chi connectivity index (χ3v) is 4.89. The molecule has 1 fully saturated rings. The second-order valence-corrected chi connectivity index (χ2v) is 6.14. The van der Waals surface area contributed by atoms with Crippen molar-refractivity contribution in [2.75, 3.05) is 0 Å². The zero-order valence-corrected chi connectivity index (χ0v) is 12.6. The lowest BCUT2D eigenvalue weighted by atomic mass is 9.84. The molecule has 20 heavy (non-hydrogen) atoms. The Hall–Kier alpha value is -1.28. The van der Waals surface area contributed by atoms with E-state index in [1.165, 1.54) is 43.1 Å². The molecule has 2 nitrogen and oxygen atoms in total. The first-order valence-corrected chi connectivity index (χ1v) is 7.98. The van der Waals surface area contributed by atoms with E-state index in [0.29, 0.717) is 6.04 Å². The van der Waals surface area contributed by atoms with Crippen LogP contribution in [0.3, 0.4) is 0 Å². The highest BCUT2D eigenvalue weighted by atomic mass is 16.3. The van der Waals surface area contributed by atoms with Crippen molar-refractivity contribution in [1.82, 2.24) is 5.32 Å². The van der Waals surface area contributed by atoms with Crippen molar-refractivity contribution in [1.29, 1.82) is 0 Å². The standard InChI is InChI=1S/C18H25NO/c1-3-14-8-10-15(11-9-14)19-12-17-13(2)20-18-7-5-4-6-16(17)18/h4-7,14-15,19H,3,8-12H2,1-2H3. The van der Waals surface area contributed by atoms with Crippen LogP contribution in [0, 0.1) is 12.8 Å². The molecule has 1 aromatic heterocycles. The van der Waals surface area contributed by atoms with E-state index in [1.54, 1.807) is 0 Å². The third-order valence-electron chi connectivity index (χ3n) is 4.89. The van der Waals surface area contributed by atoms with Gasteiger partial charge in [-0.05, 0) is 44.6 Å². The average Bonchev–Trinajstić information content (AvgIpc) is 2.81. The van der Waals surface area contributed by atoms with Crippen LogP contribution < -0.4 is 5.32 Å². The van der Waals surface area contributed by atoms with Crippen LogP contribution in [-0.2, 0) is 6.54 Å². The number of para-hydroxylation sites is 1. The molecule has 0 aliphatic heterocycles. The largest absolute Gasteiger partial charge is 0.461 e. The number of benzene rings is 1. The van der Waals surface area contributed by atoms with Crippen molar-refractivity contribution in [3.63, 3.8) is 0 Å². The summed E-state index contributed by atoms with van der Waals surface area (Å²) in [6.45, 7) is 5.33. The normalized spacial score (nSPS) is 23.3. The van der Waals surface area contributed by atoms with E-state index in [-0.39, 0.29) is 0 Å². The van der Waals surface area contributed by atoms with Gasteiger partial charge in [0.25, 0.3) is 0 Å². The molecule has 1 heterocycles. The molecular formula is C18H25NO. The Kier molecular flexibility index (Phi) is 4.11. The van der Waals surface area contributed by atoms with Gasteiger partial charge in [-0.1, -0.05) is 31.5 Å². The Balaban J connectivity index is 1.64. The number of hydrogen-bond acceptors (Lipinski definition) is 2. The molecule has 108 valence electrons. The second-order valence-electron chi connectivity index (χ2n) is 6.14. The Labute approximate surface area is 121 Å². The topological polar surface area (TPSA) is 25.2 Å². The van der Waals surface area contributed by atoms with Crippen molar-refractivity contribution >= 4 is 11.0 Å². The summed E-state index contributed by atoms with van der Waals surface area (Å²) in [6, 6.07) is 9.03. The van der Waals surface area contributed by atoms with Crippen LogP contribution in [0.4, 0.5) is 0 Å². The number of nitrogens with one attached hydrogen (secondary N) is 1. The lowest BCUT2D eigenvalue weighted by Gasteiger charge is -2.28. The van der Waals surface area contributed by atoms with Crippen LogP contribution in [0.15, 0.2) is 28.7 Å². The summed E-state index contributed by atoms with van der Waals surface area (Å²) >= 11 is 0. The molecule has 2 heteroatoms. The smallest absolute Gasteiger partial charge is 0.134 e. The average molecular weight is 271 g/mol. The van der Waals surface area contributed by atoms with Gasteiger partial charge in [0.1, 0.15) is 11.3 Å². The van der Waals surface area contributed by atoms with Crippen molar-refractivity contribution < 1.29 is 4.42 Å². The minimum Gasteiger partial charge on any atom is -0.461 e. The Bertz CT molecular complexity index is 564. The molecule has 1 aliphatic rings. The van der Waals surface area contributed by atoms with Crippen LogP contribution in [0.5, 0.6) is 0 Å². The Morgan fingerprint density at radius 3 is 2.65 bits per heavy atom. The van der Waals surface area contributed by atoms with Gasteiger partial charge in [-0.25, -0.2) is 0 Å². The van der Waals surface area contributed by atoms with E-state index < -0.39 is 0 Å². The van der Waals surface area contributed by atoms with Crippen molar-refractivity contribution in [2.45, 2.75) is 58.5 Å². The van der Waals surface area contributed by atoms with E-state index in [0.717, 1.165) is 23.8 Å². The van der Waals surface area contributed by atoms with Crippen LogP contribution >= 0.6 is 0 Å². The number of aryl methyl sites for hydroxylation is 1. The third kappa shape index (κ3) is 2.76. The van der Waals surface area contributed by atoms with E-state index >= 15 is 0 Å². The maximum atomic E-state index is 5.83. The monoisotopic (exact) mass is 271 g/mol. The molecule has 0 bridgehead atoms. The summed E-state index contributed by atoms with van der Waals surface area (Å²) in [5.41, 5.74) is 2.34. The first-order valence-electron chi connectivity index (χ1n) is 7.98. The fourth-order valence-electron chi connectivity index (χ4n) is 3.46. The zero-order chi connectivity index (χ0) is 13.9. The zero-order valence-electron chi connectivity index (χ0n) is 12.6. The fraction of sp³-hybridized carbons (Fsp3) is 0.556. The fourth-order valence-corrected chi connectivity index (χ4v) is 3.46. The molecule has 1 N–H and O–H groups in total. The minimum atomic E-state index is 0.686. The number of rotatable bonds is 4. The van der Waals surface area contributed by atoms with E-state index in [2.05, 4.69) is 37.4 Å². The highest BCUT2D eigenvalue weighted by molar-refractivity contribution is 5.82. The molecule has 0 atom stereocenters. The van der Waals surface area contributed by atoms with Crippen molar-refractivity contribution in [2.24, 2.45) is 5.92 Å². The van der Waals surface area contributed by atoms with Gasteiger partial charge in [0, 0.05) is 23.5 Å². The van der Waals surface area contributed by atoms with Gasteiger partial charge in [-0.2, -0.15) is 0 Å². The van der Waals surface area contributed by atoms with Gasteiger partial charge >= 0.3 is 0 Å². The van der Waals surface area contributed by atoms with E-state index in [9.17, 15) is 0 Å². The maximum Gasteiger partial charge on any atom is 0.134 e. The lowest BCUT2D eigenvalue weighted by Crippen LogP contribution is -2.32. The predicted molar refractivity (Wildman–Crippen MR) is 83.8 cm³/mol. The SMILES string of the molecule is CCC1CCC(NCc2c(C)oc3ccccc23)CC1. The number of fused-ring (bicyclic) bond motifs is 1.